The Kier molecular flexibility index (Phi) is 9.02. The van der Waals surface area contributed by atoms with E-state index in [2.05, 4.69) is 0 Å². The molecule has 0 atom stereocenters. The van der Waals surface area contributed by atoms with E-state index in [0.717, 1.165) is 6.42 Å². The third-order valence-corrected chi connectivity index (χ3v) is 1.56. The van der Waals surface area contributed by atoms with Gasteiger partial charge in [0.15, 0.2) is 0 Å². The molecule has 0 aromatic rings. The van der Waals surface area contributed by atoms with E-state index in [1.165, 1.54) is 0 Å². The van der Waals surface area contributed by atoms with Crippen LogP contribution >= 0.6 is 0 Å². The average Bonchev–Trinajstić information content (AvgIpc) is 1.80. The second-order valence-corrected chi connectivity index (χ2v) is 4.55. The minimum atomic E-state index is -3.69. The molecule has 0 heterocycles. The van der Waals surface area contributed by atoms with Crippen LogP contribution in [0.1, 0.15) is 19.8 Å². The monoisotopic (exact) mass is 197 g/mol. The molecule has 12 heavy (non-hydrogen) atoms. The van der Waals surface area contributed by atoms with E-state index in [9.17, 15) is 8.42 Å². The molecule has 0 unspecified atom stereocenters. The molecule has 0 aromatic carbocycles. The van der Waals surface area contributed by atoms with Crippen molar-refractivity contribution in [3.05, 3.63) is 0 Å². The normalized spacial score (nSPS) is 10.8. The van der Waals surface area contributed by atoms with Crippen molar-refractivity contribution in [3.8, 4) is 0 Å². The molecule has 5 heteroatoms. The van der Waals surface area contributed by atoms with Gasteiger partial charge in [0.25, 0.3) is 10.1 Å². The first kappa shape index (κ1) is 14.4. The van der Waals surface area contributed by atoms with Gasteiger partial charge in [0.1, 0.15) is 0 Å². The Morgan fingerprint density at radius 2 is 1.58 bits per heavy atom. The molecule has 0 fully saturated rings. The Morgan fingerprint density at radius 3 is 1.67 bits per heavy atom. The van der Waals surface area contributed by atoms with E-state index in [4.69, 9.17) is 4.55 Å². The molecule has 0 aliphatic rings. The van der Waals surface area contributed by atoms with Gasteiger partial charge in [-0.15, -0.1) is 0 Å². The fourth-order valence-electron chi connectivity index (χ4n) is 0.327. The van der Waals surface area contributed by atoms with Gasteiger partial charge in [0.2, 0.25) is 0 Å². The highest BCUT2D eigenvalue weighted by Gasteiger charge is 2.00. The van der Waals surface area contributed by atoms with E-state index in [0.29, 0.717) is 6.42 Å². The first-order valence-electron chi connectivity index (χ1n) is 3.85. The Morgan fingerprint density at radius 1 is 1.25 bits per heavy atom. The van der Waals surface area contributed by atoms with Crippen LogP contribution in [0.2, 0.25) is 0 Å². The molecule has 0 bridgehead atoms. The van der Waals surface area contributed by atoms with Gasteiger partial charge in [-0.3, -0.25) is 4.55 Å². The Hall–Kier alpha value is -0.130. The van der Waals surface area contributed by atoms with E-state index < -0.39 is 10.1 Å². The van der Waals surface area contributed by atoms with Crippen molar-refractivity contribution in [1.82, 2.24) is 4.90 Å². The predicted molar refractivity (Wildman–Crippen MR) is 50.9 cm³/mol. The summed E-state index contributed by atoms with van der Waals surface area (Å²) in [5.74, 6) is -0.108. The van der Waals surface area contributed by atoms with E-state index >= 15 is 0 Å². The standard InChI is InChI=1S/C4H10O3S.C3H9N/c1-2-3-4-8(5,6)7;1-4(2)3/h2-4H2,1H3,(H,5,6,7);1-3H3. The zero-order valence-electron chi connectivity index (χ0n) is 8.24. The van der Waals surface area contributed by atoms with Crippen LogP contribution in [0.15, 0.2) is 0 Å². The number of nitrogens with zero attached hydrogens (tertiary/aromatic N) is 1. The lowest BCUT2D eigenvalue weighted by molar-refractivity contribution is 0.480. The molecular formula is C7H19NO3S. The molecule has 0 aliphatic carbocycles. The second-order valence-electron chi connectivity index (χ2n) is 2.98. The van der Waals surface area contributed by atoms with Crippen LogP contribution in [0, 0.1) is 0 Å². The number of hydrogen-bond donors (Lipinski definition) is 1. The summed E-state index contributed by atoms with van der Waals surface area (Å²) in [6.07, 6.45) is 1.33. The minimum Gasteiger partial charge on any atom is -0.312 e. The second kappa shape index (κ2) is 7.52. The first-order chi connectivity index (χ1) is 5.29. The fourth-order valence-corrected chi connectivity index (χ4v) is 0.980. The molecule has 0 spiro atoms. The molecule has 0 saturated heterocycles. The summed E-state index contributed by atoms with van der Waals surface area (Å²) < 4.78 is 28.0. The summed E-state index contributed by atoms with van der Waals surface area (Å²) in [5.41, 5.74) is 0. The molecule has 0 rings (SSSR count). The van der Waals surface area contributed by atoms with Gasteiger partial charge in [-0.05, 0) is 27.6 Å². The molecule has 76 valence electrons. The number of rotatable bonds is 3. The van der Waals surface area contributed by atoms with E-state index in [1.54, 1.807) is 0 Å². The zero-order valence-corrected chi connectivity index (χ0v) is 9.06. The Balaban J connectivity index is 0. The highest BCUT2D eigenvalue weighted by atomic mass is 32.2. The van der Waals surface area contributed by atoms with E-state index in [-0.39, 0.29) is 5.75 Å². The molecule has 4 nitrogen and oxygen atoms in total. The lowest BCUT2D eigenvalue weighted by atomic mass is 10.4. The summed E-state index contributed by atoms with van der Waals surface area (Å²) in [6.45, 7) is 1.87. The van der Waals surface area contributed by atoms with Crippen LogP contribution in [0.4, 0.5) is 0 Å². The molecule has 0 aromatic heterocycles. The minimum absolute atomic E-state index is 0.108. The number of unbranched alkanes of at least 4 members (excludes halogenated alkanes) is 1. The average molecular weight is 197 g/mol. The highest BCUT2D eigenvalue weighted by Crippen LogP contribution is 1.90. The third kappa shape index (κ3) is 32.7. The van der Waals surface area contributed by atoms with Crippen LogP contribution in [-0.2, 0) is 10.1 Å². The lowest BCUT2D eigenvalue weighted by Crippen LogP contribution is -2.02. The Bertz CT molecular complexity index is 172. The van der Waals surface area contributed by atoms with Gasteiger partial charge < -0.3 is 4.90 Å². The molecular weight excluding hydrogens is 178 g/mol. The lowest BCUT2D eigenvalue weighted by Gasteiger charge is -1.90. The summed E-state index contributed by atoms with van der Waals surface area (Å²) in [4.78, 5) is 2.00. The summed E-state index contributed by atoms with van der Waals surface area (Å²) in [6, 6.07) is 0. The van der Waals surface area contributed by atoms with Crippen molar-refractivity contribution in [1.29, 1.82) is 0 Å². The molecule has 0 saturated carbocycles. The van der Waals surface area contributed by atoms with Crippen LogP contribution in [0.25, 0.3) is 0 Å². The predicted octanol–water partition coefficient (Wildman–Crippen LogP) is 0.852. The SMILES string of the molecule is CCCCS(=O)(=O)O.CN(C)C. The Labute approximate surface area is 75.3 Å². The molecule has 1 N–H and O–H groups in total. The van der Waals surface area contributed by atoms with Gasteiger partial charge in [0, 0.05) is 0 Å². The quantitative estimate of drug-likeness (QED) is 0.681. The number of hydrogen-bond acceptors (Lipinski definition) is 3. The topological polar surface area (TPSA) is 57.6 Å². The maximum Gasteiger partial charge on any atom is 0.264 e. The van der Waals surface area contributed by atoms with Gasteiger partial charge >= 0.3 is 0 Å². The van der Waals surface area contributed by atoms with Gasteiger partial charge in [-0.25, -0.2) is 0 Å². The van der Waals surface area contributed by atoms with Crippen LogP contribution in [-0.4, -0.2) is 44.8 Å². The van der Waals surface area contributed by atoms with Crippen molar-refractivity contribution in [3.63, 3.8) is 0 Å². The van der Waals surface area contributed by atoms with Gasteiger partial charge in [-0.1, -0.05) is 13.3 Å². The van der Waals surface area contributed by atoms with Crippen molar-refractivity contribution >= 4 is 10.1 Å². The third-order valence-electron chi connectivity index (χ3n) is 0.756. The first-order valence-corrected chi connectivity index (χ1v) is 5.46. The van der Waals surface area contributed by atoms with Crippen molar-refractivity contribution in [2.24, 2.45) is 0 Å². The highest BCUT2D eigenvalue weighted by molar-refractivity contribution is 7.85. The molecule has 0 radical (unpaired) electrons. The van der Waals surface area contributed by atoms with Gasteiger partial charge in [0.05, 0.1) is 5.75 Å². The van der Waals surface area contributed by atoms with Crippen LogP contribution < -0.4 is 0 Å². The van der Waals surface area contributed by atoms with Crippen LogP contribution in [0.5, 0.6) is 0 Å². The van der Waals surface area contributed by atoms with Crippen LogP contribution in [0.3, 0.4) is 0 Å². The maximum absolute atomic E-state index is 9.95. The fraction of sp³-hybridized carbons (Fsp3) is 1.00. The van der Waals surface area contributed by atoms with E-state index in [1.807, 2.05) is 33.0 Å². The summed E-state index contributed by atoms with van der Waals surface area (Å²) >= 11 is 0. The maximum atomic E-state index is 9.95. The van der Waals surface area contributed by atoms with Crippen molar-refractivity contribution in [2.45, 2.75) is 19.8 Å². The summed E-state index contributed by atoms with van der Waals surface area (Å²) in [5, 5.41) is 0. The largest absolute Gasteiger partial charge is 0.312 e. The molecule has 0 aliphatic heterocycles. The van der Waals surface area contributed by atoms with Crippen molar-refractivity contribution < 1.29 is 13.0 Å². The smallest absolute Gasteiger partial charge is 0.264 e. The summed E-state index contributed by atoms with van der Waals surface area (Å²) in [7, 11) is 2.31. The van der Waals surface area contributed by atoms with Gasteiger partial charge in [-0.2, -0.15) is 8.42 Å². The van der Waals surface area contributed by atoms with Crippen molar-refractivity contribution in [2.75, 3.05) is 26.9 Å². The molecule has 0 amide bonds. The zero-order chi connectivity index (χ0) is 10.2.